The van der Waals surface area contributed by atoms with E-state index in [0.29, 0.717) is 16.7 Å². The molecular formula is C7H10O6P2S. The van der Waals surface area contributed by atoms with E-state index in [1.165, 1.54) is 12.1 Å². The summed E-state index contributed by atoms with van der Waals surface area (Å²) in [7, 11) is -9.73. The number of rotatable bonds is 4. The number of hydrogen-bond acceptors (Lipinski definition) is 3. The lowest BCUT2D eigenvalue weighted by Crippen LogP contribution is -2.04. The third-order valence-electron chi connectivity index (χ3n) is 1.56. The summed E-state index contributed by atoms with van der Waals surface area (Å²) in [6.45, 7) is 0. The van der Waals surface area contributed by atoms with Gasteiger partial charge < -0.3 is 19.6 Å². The standard InChI is InChI=1S/C7H10O6P2S/c8-14(9,10)7(15(11,12)13)16-6-4-2-1-3-5-6/h1-5,7H,(H2,8,9,10)(H2,11,12,13). The molecule has 16 heavy (non-hydrogen) atoms. The Labute approximate surface area is 96.0 Å². The van der Waals surface area contributed by atoms with Crippen molar-refractivity contribution in [2.75, 3.05) is 0 Å². The maximum atomic E-state index is 11.0. The van der Waals surface area contributed by atoms with Crippen LogP contribution in [0.15, 0.2) is 35.2 Å². The van der Waals surface area contributed by atoms with Crippen LogP contribution in [-0.2, 0) is 9.13 Å². The fourth-order valence-corrected chi connectivity index (χ4v) is 4.91. The molecule has 0 aliphatic carbocycles. The van der Waals surface area contributed by atoms with E-state index in [-0.39, 0.29) is 0 Å². The van der Waals surface area contributed by atoms with Crippen molar-refractivity contribution >= 4 is 27.0 Å². The average molecular weight is 284 g/mol. The van der Waals surface area contributed by atoms with Gasteiger partial charge in [0, 0.05) is 4.90 Å². The van der Waals surface area contributed by atoms with Crippen LogP contribution >= 0.6 is 27.0 Å². The van der Waals surface area contributed by atoms with Crippen LogP contribution in [0.3, 0.4) is 0 Å². The second-order valence-electron chi connectivity index (χ2n) is 2.94. The minimum absolute atomic E-state index is 0.388. The van der Waals surface area contributed by atoms with Gasteiger partial charge in [0.05, 0.1) is 0 Å². The predicted molar refractivity (Wildman–Crippen MR) is 60.2 cm³/mol. The first kappa shape index (κ1) is 13.9. The first-order valence-corrected chi connectivity index (χ1v) is 8.27. The van der Waals surface area contributed by atoms with E-state index in [4.69, 9.17) is 19.6 Å². The zero-order chi connectivity index (χ0) is 12.4. The van der Waals surface area contributed by atoms with E-state index >= 15 is 0 Å². The first-order valence-electron chi connectivity index (χ1n) is 4.03. The van der Waals surface area contributed by atoms with Gasteiger partial charge >= 0.3 is 15.2 Å². The summed E-state index contributed by atoms with van der Waals surface area (Å²) >= 11 is 0.476. The Hall–Kier alpha value is -0.130. The van der Waals surface area contributed by atoms with E-state index in [1.54, 1.807) is 18.2 Å². The summed E-state index contributed by atoms with van der Waals surface area (Å²) in [5.41, 5.74) is 0. The lowest BCUT2D eigenvalue weighted by Gasteiger charge is -2.18. The van der Waals surface area contributed by atoms with Crippen LogP contribution < -0.4 is 0 Å². The maximum absolute atomic E-state index is 11.0. The van der Waals surface area contributed by atoms with Crippen molar-refractivity contribution < 1.29 is 28.7 Å². The van der Waals surface area contributed by atoms with Crippen LogP contribution in [0.5, 0.6) is 0 Å². The Morgan fingerprint density at radius 3 is 1.75 bits per heavy atom. The molecule has 0 aliphatic heterocycles. The maximum Gasteiger partial charge on any atom is 0.351 e. The third kappa shape index (κ3) is 4.03. The fraction of sp³-hybridized carbons (Fsp3) is 0.143. The number of benzene rings is 1. The van der Waals surface area contributed by atoms with Gasteiger partial charge in [-0.15, -0.1) is 0 Å². The van der Waals surface area contributed by atoms with Crippen LogP contribution in [0.2, 0.25) is 0 Å². The lowest BCUT2D eigenvalue weighted by atomic mass is 10.4. The predicted octanol–water partition coefficient (Wildman–Crippen LogP) is 1.42. The van der Waals surface area contributed by atoms with Crippen LogP contribution in [0.25, 0.3) is 0 Å². The molecule has 0 saturated carbocycles. The molecule has 0 aromatic heterocycles. The molecule has 9 heteroatoms. The van der Waals surface area contributed by atoms with Crippen molar-refractivity contribution in [1.82, 2.24) is 0 Å². The Bertz CT molecular complexity index is 415. The van der Waals surface area contributed by atoms with E-state index in [0.717, 1.165) is 0 Å². The van der Waals surface area contributed by atoms with Crippen LogP contribution in [0.1, 0.15) is 0 Å². The van der Waals surface area contributed by atoms with Gasteiger partial charge in [-0.2, -0.15) is 0 Å². The van der Waals surface area contributed by atoms with Crippen molar-refractivity contribution in [2.24, 2.45) is 0 Å². The normalized spacial score (nSPS) is 13.1. The van der Waals surface area contributed by atoms with E-state index in [1.807, 2.05) is 0 Å². The minimum atomic E-state index is -4.86. The summed E-state index contributed by atoms with van der Waals surface area (Å²) in [5.74, 6) is 0. The Kier molecular flexibility index (Phi) is 4.37. The molecule has 0 heterocycles. The zero-order valence-corrected chi connectivity index (χ0v) is 10.5. The van der Waals surface area contributed by atoms with Crippen molar-refractivity contribution in [3.05, 3.63) is 30.3 Å². The van der Waals surface area contributed by atoms with E-state index in [9.17, 15) is 9.13 Å². The molecule has 6 nitrogen and oxygen atoms in total. The SMILES string of the molecule is O=P(O)(O)C(Sc1ccccc1)P(=O)(O)O. The number of hydrogen-bond donors (Lipinski definition) is 4. The summed E-state index contributed by atoms with van der Waals surface area (Å²) in [6.07, 6.45) is 0. The van der Waals surface area contributed by atoms with Crippen LogP contribution in [-0.4, -0.2) is 24.3 Å². The minimum Gasteiger partial charge on any atom is -0.323 e. The largest absolute Gasteiger partial charge is 0.351 e. The summed E-state index contributed by atoms with van der Waals surface area (Å²) < 4.78 is 19.9. The van der Waals surface area contributed by atoms with Crippen LogP contribution in [0, 0.1) is 0 Å². The second kappa shape index (κ2) is 5.02. The molecule has 0 bridgehead atoms. The Morgan fingerprint density at radius 2 is 1.38 bits per heavy atom. The monoisotopic (exact) mass is 284 g/mol. The molecular weight excluding hydrogens is 274 g/mol. The topological polar surface area (TPSA) is 115 Å². The molecule has 90 valence electrons. The van der Waals surface area contributed by atoms with Gasteiger partial charge in [0.15, 0.2) is 0 Å². The van der Waals surface area contributed by atoms with Gasteiger partial charge in [-0.3, -0.25) is 9.13 Å². The summed E-state index contributed by atoms with van der Waals surface area (Å²) in [4.78, 5) is 35.9. The average Bonchev–Trinajstić information content (AvgIpc) is 2.12. The first-order chi connectivity index (χ1) is 7.21. The lowest BCUT2D eigenvalue weighted by molar-refractivity contribution is 0.352. The quantitative estimate of drug-likeness (QED) is 0.488. The molecule has 0 amide bonds. The second-order valence-corrected chi connectivity index (χ2v) is 8.61. The highest BCUT2D eigenvalue weighted by molar-refractivity contribution is 8.12. The van der Waals surface area contributed by atoms with Crippen molar-refractivity contribution in [2.45, 2.75) is 9.63 Å². The molecule has 0 atom stereocenters. The Balaban J connectivity index is 2.99. The zero-order valence-electron chi connectivity index (χ0n) is 7.87. The highest BCUT2D eigenvalue weighted by atomic mass is 32.2. The van der Waals surface area contributed by atoms with Crippen molar-refractivity contribution in [3.63, 3.8) is 0 Å². The molecule has 1 aromatic rings. The smallest absolute Gasteiger partial charge is 0.323 e. The summed E-state index contributed by atoms with van der Waals surface area (Å²) in [6, 6.07) is 7.94. The molecule has 0 unspecified atom stereocenters. The van der Waals surface area contributed by atoms with Gasteiger partial charge in [0.25, 0.3) is 0 Å². The highest BCUT2D eigenvalue weighted by Gasteiger charge is 2.44. The van der Waals surface area contributed by atoms with Gasteiger partial charge in [0.1, 0.15) is 0 Å². The molecule has 0 spiro atoms. The molecule has 1 rings (SSSR count). The van der Waals surface area contributed by atoms with Crippen molar-refractivity contribution in [3.8, 4) is 0 Å². The van der Waals surface area contributed by atoms with E-state index in [2.05, 4.69) is 0 Å². The molecule has 0 fully saturated rings. The van der Waals surface area contributed by atoms with E-state index < -0.39 is 19.9 Å². The van der Waals surface area contributed by atoms with Crippen LogP contribution in [0.4, 0.5) is 0 Å². The van der Waals surface area contributed by atoms with Gasteiger partial charge in [-0.05, 0) is 12.1 Å². The van der Waals surface area contributed by atoms with Gasteiger partial charge in [0.2, 0.25) is 4.73 Å². The third-order valence-corrected chi connectivity index (χ3v) is 7.55. The molecule has 0 saturated heterocycles. The highest BCUT2D eigenvalue weighted by Crippen LogP contribution is 2.65. The Morgan fingerprint density at radius 1 is 0.938 bits per heavy atom. The summed E-state index contributed by atoms with van der Waals surface area (Å²) in [5, 5.41) is 0. The molecule has 1 aromatic carbocycles. The van der Waals surface area contributed by atoms with Gasteiger partial charge in [-0.1, -0.05) is 30.0 Å². The number of thioether (sulfide) groups is 1. The molecule has 4 N–H and O–H groups in total. The van der Waals surface area contributed by atoms with Gasteiger partial charge in [-0.25, -0.2) is 0 Å². The van der Waals surface area contributed by atoms with Crippen molar-refractivity contribution in [1.29, 1.82) is 0 Å². The fourth-order valence-electron chi connectivity index (χ4n) is 0.954. The molecule has 0 radical (unpaired) electrons. The molecule has 0 aliphatic rings.